The van der Waals surface area contributed by atoms with Crippen molar-refractivity contribution in [3.8, 4) is 0 Å². The second kappa shape index (κ2) is 3.09. The lowest BCUT2D eigenvalue weighted by Gasteiger charge is -2.18. The van der Waals surface area contributed by atoms with Crippen LogP contribution in [0.1, 0.15) is 26.5 Å². The lowest BCUT2D eigenvalue weighted by Crippen LogP contribution is -2.15. The van der Waals surface area contributed by atoms with Crippen LogP contribution < -0.4 is 0 Å². The van der Waals surface area contributed by atoms with Gasteiger partial charge in [0.15, 0.2) is 0 Å². The molecule has 0 radical (unpaired) electrons. The van der Waals surface area contributed by atoms with E-state index < -0.39 is 5.95 Å². The molecule has 0 unspecified atom stereocenters. The Kier molecular flexibility index (Phi) is 2.46. The molecule has 0 amide bonds. The smallest absolute Gasteiger partial charge is 0.230 e. The van der Waals surface area contributed by atoms with E-state index in [0.29, 0.717) is 10.2 Å². The monoisotopic (exact) mass is 232 g/mol. The van der Waals surface area contributed by atoms with Crippen LogP contribution in [0.3, 0.4) is 0 Å². The van der Waals surface area contributed by atoms with E-state index in [1.807, 2.05) is 20.8 Å². The molecule has 0 fully saturated rings. The van der Waals surface area contributed by atoms with Gasteiger partial charge in [0.1, 0.15) is 6.33 Å². The van der Waals surface area contributed by atoms with Gasteiger partial charge in [0.05, 0.1) is 10.2 Å². The first-order valence-electron chi connectivity index (χ1n) is 3.59. The van der Waals surface area contributed by atoms with Crippen LogP contribution in [0.4, 0.5) is 4.39 Å². The lowest BCUT2D eigenvalue weighted by atomic mass is 9.92. The van der Waals surface area contributed by atoms with E-state index in [2.05, 4.69) is 25.9 Å². The molecule has 66 valence electrons. The molecule has 1 aromatic rings. The van der Waals surface area contributed by atoms with E-state index in [1.165, 1.54) is 6.33 Å². The predicted octanol–water partition coefficient (Wildman–Crippen LogP) is 2.68. The standard InChI is InChI=1S/C8H10BrFN2/c1-8(2,3)6-5(9)7(10)12-4-11-6/h4H,1-3H3. The summed E-state index contributed by atoms with van der Waals surface area (Å²) in [5, 5.41) is 0. The Morgan fingerprint density at radius 2 is 1.92 bits per heavy atom. The van der Waals surface area contributed by atoms with Crippen molar-refractivity contribution in [1.82, 2.24) is 9.97 Å². The van der Waals surface area contributed by atoms with E-state index in [4.69, 9.17) is 0 Å². The molecular weight excluding hydrogens is 223 g/mol. The molecule has 0 aromatic carbocycles. The minimum atomic E-state index is -0.505. The normalized spacial score (nSPS) is 11.8. The van der Waals surface area contributed by atoms with Crippen molar-refractivity contribution in [3.05, 3.63) is 22.4 Å². The molecule has 1 aromatic heterocycles. The number of nitrogens with zero attached hydrogens (tertiary/aromatic N) is 2. The van der Waals surface area contributed by atoms with Gasteiger partial charge in [-0.2, -0.15) is 4.39 Å². The molecule has 12 heavy (non-hydrogen) atoms. The zero-order valence-corrected chi connectivity index (χ0v) is 8.81. The molecule has 0 atom stereocenters. The Bertz CT molecular complexity index is 294. The van der Waals surface area contributed by atoms with Crippen LogP contribution in [-0.2, 0) is 5.41 Å². The first-order chi connectivity index (χ1) is 5.43. The van der Waals surface area contributed by atoms with Crippen molar-refractivity contribution < 1.29 is 4.39 Å². The predicted molar refractivity (Wildman–Crippen MR) is 48.4 cm³/mol. The highest BCUT2D eigenvalue weighted by atomic mass is 79.9. The summed E-state index contributed by atoms with van der Waals surface area (Å²) in [7, 11) is 0. The van der Waals surface area contributed by atoms with Crippen LogP contribution in [0.15, 0.2) is 10.8 Å². The molecule has 0 aliphatic carbocycles. The van der Waals surface area contributed by atoms with Gasteiger partial charge >= 0.3 is 0 Å². The Morgan fingerprint density at radius 1 is 1.33 bits per heavy atom. The number of rotatable bonds is 0. The van der Waals surface area contributed by atoms with Crippen molar-refractivity contribution in [2.45, 2.75) is 26.2 Å². The van der Waals surface area contributed by atoms with Gasteiger partial charge in [0, 0.05) is 5.41 Å². The second-order valence-electron chi connectivity index (χ2n) is 3.58. The average molecular weight is 233 g/mol. The van der Waals surface area contributed by atoms with Crippen molar-refractivity contribution in [2.24, 2.45) is 0 Å². The SMILES string of the molecule is CC(C)(C)c1ncnc(F)c1Br. The van der Waals surface area contributed by atoms with E-state index in [-0.39, 0.29) is 5.41 Å². The summed E-state index contributed by atoms with van der Waals surface area (Å²) < 4.78 is 13.3. The first kappa shape index (κ1) is 9.58. The summed E-state index contributed by atoms with van der Waals surface area (Å²) in [6.07, 6.45) is 1.24. The summed E-state index contributed by atoms with van der Waals surface area (Å²) in [4.78, 5) is 7.44. The fraction of sp³-hybridized carbons (Fsp3) is 0.500. The maximum atomic E-state index is 12.9. The fourth-order valence-electron chi connectivity index (χ4n) is 0.871. The number of halogens is 2. The van der Waals surface area contributed by atoms with Gasteiger partial charge in [-0.15, -0.1) is 0 Å². The summed E-state index contributed by atoms with van der Waals surface area (Å²) in [5.41, 5.74) is 0.526. The Hall–Kier alpha value is -0.510. The molecule has 0 N–H and O–H groups in total. The van der Waals surface area contributed by atoms with Crippen LogP contribution in [0.25, 0.3) is 0 Å². The molecule has 1 heterocycles. The quantitative estimate of drug-likeness (QED) is 0.644. The van der Waals surface area contributed by atoms with E-state index >= 15 is 0 Å². The van der Waals surface area contributed by atoms with Gasteiger partial charge in [0.2, 0.25) is 5.95 Å². The summed E-state index contributed by atoms with van der Waals surface area (Å²) >= 11 is 3.12. The largest absolute Gasteiger partial charge is 0.239 e. The van der Waals surface area contributed by atoms with E-state index in [9.17, 15) is 4.39 Å². The Balaban J connectivity index is 3.26. The van der Waals surface area contributed by atoms with Gasteiger partial charge in [0.25, 0.3) is 0 Å². The fourth-order valence-corrected chi connectivity index (χ4v) is 1.67. The minimum Gasteiger partial charge on any atom is -0.239 e. The molecule has 4 heteroatoms. The van der Waals surface area contributed by atoms with Gasteiger partial charge in [-0.3, -0.25) is 0 Å². The molecule has 2 nitrogen and oxygen atoms in total. The van der Waals surface area contributed by atoms with Crippen LogP contribution in [0.5, 0.6) is 0 Å². The van der Waals surface area contributed by atoms with Gasteiger partial charge < -0.3 is 0 Å². The maximum Gasteiger partial charge on any atom is 0.230 e. The summed E-state index contributed by atoms with van der Waals surface area (Å²) in [6, 6.07) is 0. The van der Waals surface area contributed by atoms with Gasteiger partial charge in [-0.05, 0) is 15.9 Å². The maximum absolute atomic E-state index is 12.9. The zero-order valence-electron chi connectivity index (χ0n) is 7.23. The molecule has 0 saturated carbocycles. The molecule has 0 aliphatic heterocycles. The molecule has 0 aliphatic rings. The van der Waals surface area contributed by atoms with Crippen LogP contribution in [-0.4, -0.2) is 9.97 Å². The Morgan fingerprint density at radius 3 is 2.33 bits per heavy atom. The molecular formula is C8H10BrFN2. The van der Waals surface area contributed by atoms with E-state index in [0.717, 1.165) is 0 Å². The van der Waals surface area contributed by atoms with Crippen molar-refractivity contribution in [2.75, 3.05) is 0 Å². The molecule has 0 saturated heterocycles. The average Bonchev–Trinajstić information content (AvgIpc) is 1.92. The first-order valence-corrected chi connectivity index (χ1v) is 4.38. The molecule has 1 rings (SSSR count). The van der Waals surface area contributed by atoms with Crippen molar-refractivity contribution in [3.63, 3.8) is 0 Å². The third-order valence-corrected chi connectivity index (χ3v) is 2.16. The topological polar surface area (TPSA) is 25.8 Å². The van der Waals surface area contributed by atoms with Crippen molar-refractivity contribution in [1.29, 1.82) is 0 Å². The van der Waals surface area contributed by atoms with E-state index in [1.54, 1.807) is 0 Å². The van der Waals surface area contributed by atoms with Crippen LogP contribution in [0, 0.1) is 5.95 Å². The highest BCUT2D eigenvalue weighted by Gasteiger charge is 2.21. The molecule has 0 bridgehead atoms. The minimum absolute atomic E-state index is 0.164. The van der Waals surface area contributed by atoms with Gasteiger partial charge in [-0.1, -0.05) is 20.8 Å². The van der Waals surface area contributed by atoms with Crippen LogP contribution in [0.2, 0.25) is 0 Å². The third-order valence-electron chi connectivity index (χ3n) is 1.46. The van der Waals surface area contributed by atoms with Crippen molar-refractivity contribution >= 4 is 15.9 Å². The number of hydrogen-bond acceptors (Lipinski definition) is 2. The third kappa shape index (κ3) is 1.80. The zero-order chi connectivity index (χ0) is 9.35. The second-order valence-corrected chi connectivity index (χ2v) is 4.37. The van der Waals surface area contributed by atoms with Gasteiger partial charge in [-0.25, -0.2) is 9.97 Å². The summed E-state index contributed by atoms with van der Waals surface area (Å²) in [5.74, 6) is -0.505. The summed E-state index contributed by atoms with van der Waals surface area (Å²) in [6.45, 7) is 5.92. The Labute approximate surface area is 79.4 Å². The molecule has 0 spiro atoms. The highest BCUT2D eigenvalue weighted by molar-refractivity contribution is 9.10. The lowest BCUT2D eigenvalue weighted by molar-refractivity contribution is 0.523. The number of hydrogen-bond donors (Lipinski definition) is 0. The van der Waals surface area contributed by atoms with Crippen LogP contribution >= 0.6 is 15.9 Å². The highest BCUT2D eigenvalue weighted by Crippen LogP contribution is 2.28. The number of aromatic nitrogens is 2.